The molecule has 1 fully saturated rings. The molecule has 1 aliphatic rings. The van der Waals surface area contributed by atoms with Crippen molar-refractivity contribution < 1.29 is 0 Å². The number of thioether (sulfide) groups is 1. The Balaban J connectivity index is 1.83. The highest BCUT2D eigenvalue weighted by atomic mass is 32.2. The minimum atomic E-state index is 0.789. The van der Waals surface area contributed by atoms with Gasteiger partial charge >= 0.3 is 0 Å². The van der Waals surface area contributed by atoms with Crippen molar-refractivity contribution in [3.05, 3.63) is 35.4 Å². The van der Waals surface area contributed by atoms with Crippen LogP contribution in [0.2, 0.25) is 0 Å². The van der Waals surface area contributed by atoms with Crippen molar-refractivity contribution >= 4 is 11.8 Å². The SMILES string of the molecule is Cc1ccccc1CSC(C)C1CCNCC1. The molecule has 94 valence electrons. The number of piperidine rings is 1. The van der Waals surface area contributed by atoms with Crippen molar-refractivity contribution in [1.29, 1.82) is 0 Å². The van der Waals surface area contributed by atoms with Crippen LogP contribution in [0.3, 0.4) is 0 Å². The summed E-state index contributed by atoms with van der Waals surface area (Å²) in [6.07, 6.45) is 2.70. The third-order valence-corrected chi connectivity index (χ3v) is 5.20. The molecule has 0 radical (unpaired) electrons. The van der Waals surface area contributed by atoms with Crippen LogP contribution in [-0.2, 0) is 5.75 Å². The summed E-state index contributed by atoms with van der Waals surface area (Å²) in [6, 6.07) is 8.75. The summed E-state index contributed by atoms with van der Waals surface area (Å²) in [6.45, 7) is 7.03. The van der Waals surface area contributed by atoms with Crippen LogP contribution in [-0.4, -0.2) is 18.3 Å². The Morgan fingerprint density at radius 2 is 2.00 bits per heavy atom. The van der Waals surface area contributed by atoms with E-state index in [-0.39, 0.29) is 0 Å². The van der Waals surface area contributed by atoms with Crippen LogP contribution in [0.25, 0.3) is 0 Å². The van der Waals surface area contributed by atoms with Gasteiger partial charge in [-0.25, -0.2) is 0 Å². The maximum atomic E-state index is 3.44. The summed E-state index contributed by atoms with van der Waals surface area (Å²) in [5.74, 6) is 2.07. The van der Waals surface area contributed by atoms with Crippen LogP contribution in [0, 0.1) is 12.8 Å². The predicted molar refractivity (Wildman–Crippen MR) is 77.5 cm³/mol. The number of aryl methyl sites for hydroxylation is 1. The molecule has 1 nitrogen and oxygen atoms in total. The summed E-state index contributed by atoms with van der Waals surface area (Å²) in [5, 5.41) is 4.23. The fraction of sp³-hybridized carbons (Fsp3) is 0.600. The second-order valence-corrected chi connectivity index (χ2v) is 6.40. The lowest BCUT2D eigenvalue weighted by Crippen LogP contribution is -2.31. The van der Waals surface area contributed by atoms with Gasteiger partial charge in [-0.3, -0.25) is 0 Å². The van der Waals surface area contributed by atoms with Gasteiger partial charge < -0.3 is 5.32 Å². The van der Waals surface area contributed by atoms with Gasteiger partial charge in [0, 0.05) is 11.0 Å². The standard InChI is InChI=1S/C15H23NS/c1-12-5-3-4-6-15(12)11-17-13(2)14-7-9-16-10-8-14/h3-6,13-14,16H,7-11H2,1-2H3. The highest BCUT2D eigenvalue weighted by Gasteiger charge is 2.20. The molecule has 1 saturated heterocycles. The Morgan fingerprint density at radius 3 is 2.71 bits per heavy atom. The molecule has 2 rings (SSSR count). The molecule has 2 heteroatoms. The van der Waals surface area contributed by atoms with Gasteiger partial charge in [-0.2, -0.15) is 11.8 Å². The van der Waals surface area contributed by atoms with E-state index in [2.05, 4.69) is 55.2 Å². The van der Waals surface area contributed by atoms with Crippen molar-refractivity contribution in [2.75, 3.05) is 13.1 Å². The molecule has 1 aliphatic heterocycles. The molecule has 17 heavy (non-hydrogen) atoms. The van der Waals surface area contributed by atoms with E-state index in [1.165, 1.54) is 37.1 Å². The van der Waals surface area contributed by atoms with Crippen LogP contribution < -0.4 is 5.32 Å². The molecule has 1 atom stereocenters. The fourth-order valence-electron chi connectivity index (χ4n) is 2.44. The van der Waals surface area contributed by atoms with Crippen LogP contribution in [0.15, 0.2) is 24.3 Å². The Morgan fingerprint density at radius 1 is 1.29 bits per heavy atom. The summed E-state index contributed by atoms with van der Waals surface area (Å²) >= 11 is 2.12. The average Bonchev–Trinajstić information content (AvgIpc) is 2.38. The largest absolute Gasteiger partial charge is 0.317 e. The zero-order valence-corrected chi connectivity index (χ0v) is 11.7. The van der Waals surface area contributed by atoms with E-state index in [1.54, 1.807) is 0 Å². The first-order chi connectivity index (χ1) is 8.27. The summed E-state index contributed by atoms with van der Waals surface area (Å²) in [5.41, 5.74) is 2.93. The monoisotopic (exact) mass is 249 g/mol. The zero-order chi connectivity index (χ0) is 12.1. The van der Waals surface area contributed by atoms with Gasteiger partial charge in [0.1, 0.15) is 0 Å². The molecular weight excluding hydrogens is 226 g/mol. The molecule has 0 aliphatic carbocycles. The number of hydrogen-bond donors (Lipinski definition) is 1. The average molecular weight is 249 g/mol. The van der Waals surface area contributed by atoms with Gasteiger partial charge in [-0.15, -0.1) is 0 Å². The number of rotatable bonds is 4. The van der Waals surface area contributed by atoms with E-state index in [9.17, 15) is 0 Å². The van der Waals surface area contributed by atoms with Gasteiger partial charge in [-0.1, -0.05) is 31.2 Å². The Kier molecular flexibility index (Phi) is 4.93. The third kappa shape index (κ3) is 3.75. The van der Waals surface area contributed by atoms with Crippen LogP contribution in [0.1, 0.15) is 30.9 Å². The predicted octanol–water partition coefficient (Wildman–Crippen LogP) is 3.62. The van der Waals surface area contributed by atoms with Crippen molar-refractivity contribution in [2.24, 2.45) is 5.92 Å². The molecule has 1 unspecified atom stereocenters. The van der Waals surface area contributed by atoms with Crippen molar-refractivity contribution in [1.82, 2.24) is 5.32 Å². The third-order valence-electron chi connectivity index (χ3n) is 3.81. The van der Waals surface area contributed by atoms with E-state index in [0.29, 0.717) is 0 Å². The maximum absolute atomic E-state index is 3.44. The highest BCUT2D eigenvalue weighted by molar-refractivity contribution is 7.99. The van der Waals surface area contributed by atoms with E-state index in [1.807, 2.05) is 0 Å². The summed E-state index contributed by atoms with van der Waals surface area (Å²) < 4.78 is 0. The normalized spacial score (nSPS) is 19.2. The Labute approximate surface area is 109 Å². The van der Waals surface area contributed by atoms with E-state index in [4.69, 9.17) is 0 Å². The first-order valence-electron chi connectivity index (χ1n) is 6.64. The molecule has 1 N–H and O–H groups in total. The molecule has 0 saturated carbocycles. The topological polar surface area (TPSA) is 12.0 Å². The summed E-state index contributed by atoms with van der Waals surface area (Å²) in [7, 11) is 0. The molecule has 1 aromatic rings. The number of hydrogen-bond acceptors (Lipinski definition) is 2. The minimum Gasteiger partial charge on any atom is -0.317 e. The van der Waals surface area contributed by atoms with Gasteiger partial charge in [0.2, 0.25) is 0 Å². The first kappa shape index (κ1) is 13.0. The van der Waals surface area contributed by atoms with Gasteiger partial charge in [0.15, 0.2) is 0 Å². The Hall–Kier alpha value is -0.470. The lowest BCUT2D eigenvalue weighted by Gasteiger charge is -2.28. The zero-order valence-electron chi connectivity index (χ0n) is 10.9. The molecule has 0 aromatic heterocycles. The Bertz CT molecular complexity index is 345. The smallest absolute Gasteiger partial charge is 0.0189 e. The number of nitrogens with one attached hydrogen (secondary N) is 1. The molecule has 0 spiro atoms. The molecule has 0 amide bonds. The molecule has 1 heterocycles. The van der Waals surface area contributed by atoms with Crippen molar-refractivity contribution in [3.8, 4) is 0 Å². The van der Waals surface area contributed by atoms with E-state index >= 15 is 0 Å². The van der Waals surface area contributed by atoms with Gasteiger partial charge in [-0.05, 0) is 49.9 Å². The molecular formula is C15H23NS. The van der Waals surface area contributed by atoms with Gasteiger partial charge in [0.25, 0.3) is 0 Å². The van der Waals surface area contributed by atoms with Crippen LogP contribution >= 0.6 is 11.8 Å². The lowest BCUT2D eigenvalue weighted by molar-refractivity contribution is 0.373. The first-order valence-corrected chi connectivity index (χ1v) is 7.69. The molecule has 1 aromatic carbocycles. The quantitative estimate of drug-likeness (QED) is 0.875. The second-order valence-electron chi connectivity index (χ2n) is 5.03. The summed E-state index contributed by atoms with van der Waals surface area (Å²) in [4.78, 5) is 0. The number of benzene rings is 1. The van der Waals surface area contributed by atoms with E-state index < -0.39 is 0 Å². The second kappa shape index (κ2) is 6.46. The van der Waals surface area contributed by atoms with Crippen LogP contribution in [0.4, 0.5) is 0 Å². The molecule has 0 bridgehead atoms. The van der Waals surface area contributed by atoms with E-state index in [0.717, 1.165) is 16.9 Å². The lowest BCUT2D eigenvalue weighted by atomic mass is 9.95. The van der Waals surface area contributed by atoms with Crippen molar-refractivity contribution in [3.63, 3.8) is 0 Å². The van der Waals surface area contributed by atoms with Crippen LogP contribution in [0.5, 0.6) is 0 Å². The highest BCUT2D eigenvalue weighted by Crippen LogP contribution is 2.29. The maximum Gasteiger partial charge on any atom is 0.0189 e. The fourth-order valence-corrected chi connectivity index (χ4v) is 3.75. The van der Waals surface area contributed by atoms with Gasteiger partial charge in [0.05, 0.1) is 0 Å². The minimum absolute atomic E-state index is 0.789. The van der Waals surface area contributed by atoms with Crippen molar-refractivity contribution in [2.45, 2.75) is 37.7 Å².